The summed E-state index contributed by atoms with van der Waals surface area (Å²) in [4.78, 5) is 9.35. The lowest BCUT2D eigenvalue weighted by molar-refractivity contribution is 0.628. The summed E-state index contributed by atoms with van der Waals surface area (Å²) < 4.78 is 13.8. The van der Waals surface area contributed by atoms with Crippen LogP contribution in [0.5, 0.6) is 0 Å². The highest BCUT2D eigenvalue weighted by Crippen LogP contribution is 2.30. The number of rotatable bonds is 5. The lowest BCUT2D eigenvalue weighted by Gasteiger charge is -2.12. The van der Waals surface area contributed by atoms with Crippen molar-refractivity contribution in [1.82, 2.24) is 9.97 Å². The summed E-state index contributed by atoms with van der Waals surface area (Å²) in [6.07, 6.45) is 0. The molecule has 4 nitrogen and oxygen atoms in total. The van der Waals surface area contributed by atoms with Crippen LogP contribution in [-0.2, 0) is 0 Å². The molecule has 0 radical (unpaired) electrons. The quantitative estimate of drug-likeness (QED) is 0.279. The molecule has 2 heterocycles. The summed E-state index contributed by atoms with van der Waals surface area (Å²) in [5.41, 5.74) is 9.56. The van der Waals surface area contributed by atoms with E-state index in [4.69, 9.17) is 16.6 Å². The number of hydrogen-bond acceptors (Lipinski definition) is 5. The van der Waals surface area contributed by atoms with Crippen molar-refractivity contribution in [2.75, 3.05) is 10.9 Å². The molecule has 0 aliphatic carbocycles. The van der Waals surface area contributed by atoms with Gasteiger partial charge in [-0.2, -0.15) is 0 Å². The molecule has 0 saturated carbocycles. The third kappa shape index (κ3) is 4.08. The van der Waals surface area contributed by atoms with Gasteiger partial charge in [-0.05, 0) is 23.6 Å². The second kappa shape index (κ2) is 8.34. The maximum absolute atomic E-state index is 13.8. The molecule has 0 aliphatic rings. The van der Waals surface area contributed by atoms with Crippen molar-refractivity contribution in [3.63, 3.8) is 0 Å². The number of benzene rings is 3. The van der Waals surface area contributed by atoms with Gasteiger partial charge in [-0.3, -0.25) is 10.9 Å². The monoisotopic (exact) mass is 446 g/mol. The van der Waals surface area contributed by atoms with Crippen LogP contribution in [0.4, 0.5) is 15.3 Å². The molecule has 3 aromatic carbocycles. The number of nitrogens with one attached hydrogen (secondary N) is 2. The van der Waals surface area contributed by atoms with Crippen molar-refractivity contribution >= 4 is 44.7 Å². The third-order valence-corrected chi connectivity index (χ3v) is 5.88. The fraction of sp³-hybridized carbons (Fsp3) is 0. The second-order valence-electron chi connectivity index (χ2n) is 6.86. The van der Waals surface area contributed by atoms with Crippen LogP contribution in [0.2, 0.25) is 5.02 Å². The van der Waals surface area contributed by atoms with Crippen molar-refractivity contribution in [3.8, 4) is 22.5 Å². The summed E-state index contributed by atoms with van der Waals surface area (Å²) >= 11 is 7.19. The first-order valence-electron chi connectivity index (χ1n) is 9.55. The molecule has 0 aliphatic heterocycles. The average Bonchev–Trinajstić information content (AvgIpc) is 3.29. The highest BCUT2D eigenvalue weighted by atomic mass is 35.5. The number of halogens is 2. The molecule has 2 aromatic heterocycles. The van der Waals surface area contributed by atoms with Gasteiger partial charge in [0.15, 0.2) is 5.82 Å². The first-order valence-corrected chi connectivity index (χ1v) is 10.8. The zero-order valence-electron chi connectivity index (χ0n) is 16.1. The van der Waals surface area contributed by atoms with E-state index in [0.717, 1.165) is 22.0 Å². The molecule has 0 atom stereocenters. The third-order valence-electron chi connectivity index (χ3n) is 4.82. The van der Waals surface area contributed by atoms with Gasteiger partial charge in [-0.1, -0.05) is 72.3 Å². The fourth-order valence-electron chi connectivity index (χ4n) is 3.28. The molecule has 2 N–H and O–H groups in total. The van der Waals surface area contributed by atoms with Crippen LogP contribution < -0.4 is 10.9 Å². The molecule has 0 amide bonds. The van der Waals surface area contributed by atoms with Crippen molar-refractivity contribution < 1.29 is 4.39 Å². The summed E-state index contributed by atoms with van der Waals surface area (Å²) in [7, 11) is 0. The Bertz CT molecular complexity index is 1370. The van der Waals surface area contributed by atoms with Crippen molar-refractivity contribution in [2.24, 2.45) is 0 Å². The Hall–Kier alpha value is -3.48. The van der Waals surface area contributed by atoms with Gasteiger partial charge < -0.3 is 0 Å². The number of nitrogens with zero attached hydrogens (tertiary/aromatic N) is 2. The zero-order valence-corrected chi connectivity index (χ0v) is 17.7. The number of pyridine rings is 1. The molecule has 0 bridgehead atoms. The molecule has 31 heavy (non-hydrogen) atoms. The van der Waals surface area contributed by atoms with E-state index in [-0.39, 0.29) is 5.02 Å². The van der Waals surface area contributed by atoms with E-state index in [0.29, 0.717) is 22.2 Å². The van der Waals surface area contributed by atoms with Gasteiger partial charge >= 0.3 is 0 Å². The molecular weight excluding hydrogens is 431 g/mol. The number of hydrazine groups is 1. The van der Waals surface area contributed by atoms with Crippen LogP contribution in [-0.4, -0.2) is 9.97 Å². The normalized spacial score (nSPS) is 10.9. The number of thiazole rings is 1. The lowest BCUT2D eigenvalue weighted by Crippen LogP contribution is -2.10. The minimum absolute atomic E-state index is 0.0928. The highest BCUT2D eigenvalue weighted by molar-refractivity contribution is 7.14. The predicted octanol–water partition coefficient (Wildman–Crippen LogP) is 7.26. The van der Waals surface area contributed by atoms with E-state index in [1.807, 2.05) is 53.9 Å². The van der Waals surface area contributed by atoms with Crippen molar-refractivity contribution in [3.05, 3.63) is 95.1 Å². The molecule has 0 unspecified atom stereocenters. The summed E-state index contributed by atoms with van der Waals surface area (Å²) in [6, 6.07) is 24.8. The maximum Gasteiger partial charge on any atom is 0.202 e. The van der Waals surface area contributed by atoms with Crippen LogP contribution >= 0.6 is 22.9 Å². The number of hydrogen-bond donors (Lipinski definition) is 2. The van der Waals surface area contributed by atoms with Crippen molar-refractivity contribution in [1.29, 1.82) is 0 Å². The summed E-state index contributed by atoms with van der Waals surface area (Å²) in [6.45, 7) is 0. The van der Waals surface area contributed by atoms with E-state index < -0.39 is 5.82 Å². The second-order valence-corrected chi connectivity index (χ2v) is 8.13. The maximum atomic E-state index is 13.8. The van der Waals surface area contributed by atoms with E-state index in [1.54, 1.807) is 6.07 Å². The average molecular weight is 447 g/mol. The molecule has 0 fully saturated rings. The first-order chi connectivity index (χ1) is 15.2. The van der Waals surface area contributed by atoms with Crippen LogP contribution in [0.15, 0.2) is 84.2 Å². The van der Waals surface area contributed by atoms with Crippen LogP contribution in [0.1, 0.15) is 0 Å². The van der Waals surface area contributed by atoms with Crippen LogP contribution in [0.25, 0.3) is 33.3 Å². The van der Waals surface area contributed by atoms with E-state index >= 15 is 0 Å². The molecule has 5 rings (SSSR count). The molecular formula is C24H16ClFN4S. The van der Waals surface area contributed by atoms with Gasteiger partial charge in [0.25, 0.3) is 0 Å². The number of fused-ring (bicyclic) bond motifs is 1. The van der Waals surface area contributed by atoms with Gasteiger partial charge in [0, 0.05) is 21.9 Å². The Morgan fingerprint density at radius 3 is 2.42 bits per heavy atom. The number of aromatic nitrogens is 2. The Balaban J connectivity index is 1.43. The molecule has 5 aromatic rings. The number of anilines is 2. The zero-order chi connectivity index (χ0) is 21.2. The predicted molar refractivity (Wildman–Crippen MR) is 127 cm³/mol. The molecule has 152 valence electrons. The topological polar surface area (TPSA) is 49.8 Å². The van der Waals surface area contributed by atoms with Gasteiger partial charge in [0.2, 0.25) is 5.13 Å². The largest absolute Gasteiger partial charge is 0.282 e. The van der Waals surface area contributed by atoms with Gasteiger partial charge in [0.05, 0.1) is 16.4 Å². The minimum Gasteiger partial charge on any atom is -0.282 e. The highest BCUT2D eigenvalue weighted by Gasteiger charge is 2.10. The van der Waals surface area contributed by atoms with Crippen molar-refractivity contribution in [2.45, 2.75) is 0 Å². The SMILES string of the molecule is Fc1cc(-c2csc(NNc3nc(-c4ccccc4)cc4ccccc34)n2)ccc1Cl. The Kier molecular flexibility index (Phi) is 5.24. The standard InChI is InChI=1S/C24H16ClFN4S/c25-19-11-10-17(12-20(19)26)22-14-31-24(28-22)30-29-23-18-9-5-4-8-16(18)13-21(27-23)15-6-2-1-3-7-15/h1-14H,(H,27,29)(H,28,30). The van der Waals surface area contributed by atoms with Crippen LogP contribution in [0.3, 0.4) is 0 Å². The Morgan fingerprint density at radius 2 is 1.58 bits per heavy atom. The van der Waals surface area contributed by atoms with Gasteiger partial charge in [-0.25, -0.2) is 14.4 Å². The van der Waals surface area contributed by atoms with Gasteiger partial charge in [-0.15, -0.1) is 11.3 Å². The lowest BCUT2D eigenvalue weighted by atomic mass is 10.1. The van der Waals surface area contributed by atoms with Gasteiger partial charge in [0.1, 0.15) is 5.82 Å². The fourth-order valence-corrected chi connectivity index (χ4v) is 4.07. The Labute approximate surface area is 187 Å². The molecule has 7 heteroatoms. The summed E-state index contributed by atoms with van der Waals surface area (Å²) in [5, 5.41) is 4.67. The van der Waals surface area contributed by atoms with E-state index in [9.17, 15) is 4.39 Å². The first kappa shape index (κ1) is 19.5. The summed E-state index contributed by atoms with van der Waals surface area (Å²) in [5.74, 6) is 0.236. The van der Waals surface area contributed by atoms with E-state index in [2.05, 4.69) is 28.0 Å². The van der Waals surface area contributed by atoms with Crippen LogP contribution in [0, 0.1) is 5.82 Å². The molecule has 0 saturated heterocycles. The minimum atomic E-state index is -0.465. The Morgan fingerprint density at radius 1 is 0.774 bits per heavy atom. The smallest absolute Gasteiger partial charge is 0.202 e. The van der Waals surface area contributed by atoms with E-state index in [1.165, 1.54) is 23.5 Å². The molecule has 0 spiro atoms.